The third-order valence-corrected chi connectivity index (χ3v) is 3.16. The first-order chi connectivity index (χ1) is 10.7. The van der Waals surface area contributed by atoms with E-state index in [2.05, 4.69) is 15.3 Å². The van der Waals surface area contributed by atoms with E-state index in [-0.39, 0.29) is 5.56 Å². The zero-order chi connectivity index (χ0) is 15.4. The lowest BCUT2D eigenvalue weighted by Crippen LogP contribution is -1.97. The average molecular weight is 291 g/mol. The maximum Gasteiger partial charge on any atom is 0.335 e. The first kappa shape index (κ1) is 13.8. The second-order valence-corrected chi connectivity index (χ2v) is 4.68. The number of carboxylic acids is 1. The molecule has 3 rings (SSSR count). The number of nitrogens with zero attached hydrogens (tertiary/aromatic N) is 2. The molecule has 0 amide bonds. The van der Waals surface area contributed by atoms with Gasteiger partial charge < -0.3 is 10.4 Å². The van der Waals surface area contributed by atoms with E-state index < -0.39 is 5.97 Å². The van der Waals surface area contributed by atoms with Crippen molar-refractivity contribution in [3.8, 4) is 11.3 Å². The molecule has 1 heterocycles. The van der Waals surface area contributed by atoms with Crippen LogP contribution in [0.4, 0.5) is 11.4 Å². The molecular weight excluding hydrogens is 278 g/mol. The molecule has 2 N–H and O–H groups in total. The molecule has 108 valence electrons. The fraction of sp³-hybridized carbons (Fsp3) is 0. The highest BCUT2D eigenvalue weighted by Crippen LogP contribution is 2.22. The SMILES string of the molecule is O=C(O)c1cccc(Nc2ccc(-c3ccncn3)cc2)c1. The minimum absolute atomic E-state index is 0.252. The van der Waals surface area contributed by atoms with Crippen LogP contribution >= 0.6 is 0 Å². The summed E-state index contributed by atoms with van der Waals surface area (Å²) in [4.78, 5) is 19.1. The van der Waals surface area contributed by atoms with Gasteiger partial charge in [0.1, 0.15) is 6.33 Å². The summed E-state index contributed by atoms with van der Waals surface area (Å²) in [6.07, 6.45) is 3.21. The molecule has 0 aliphatic carbocycles. The largest absolute Gasteiger partial charge is 0.478 e. The molecule has 0 spiro atoms. The van der Waals surface area contributed by atoms with Crippen molar-refractivity contribution in [1.82, 2.24) is 9.97 Å². The molecule has 0 saturated heterocycles. The van der Waals surface area contributed by atoms with Gasteiger partial charge in [-0.15, -0.1) is 0 Å². The van der Waals surface area contributed by atoms with E-state index in [1.807, 2.05) is 36.4 Å². The van der Waals surface area contributed by atoms with Crippen molar-refractivity contribution in [2.45, 2.75) is 0 Å². The van der Waals surface area contributed by atoms with Crippen molar-refractivity contribution in [1.29, 1.82) is 0 Å². The summed E-state index contributed by atoms with van der Waals surface area (Å²) >= 11 is 0. The van der Waals surface area contributed by atoms with E-state index in [0.717, 1.165) is 22.6 Å². The number of nitrogens with one attached hydrogen (secondary N) is 1. The fourth-order valence-corrected chi connectivity index (χ4v) is 2.08. The molecule has 2 aromatic carbocycles. The van der Waals surface area contributed by atoms with Crippen molar-refractivity contribution in [3.05, 3.63) is 72.7 Å². The number of carboxylic acid groups (broad SMARTS) is 1. The minimum atomic E-state index is -0.942. The molecule has 0 radical (unpaired) electrons. The molecule has 0 saturated carbocycles. The summed E-state index contributed by atoms with van der Waals surface area (Å²) < 4.78 is 0. The highest BCUT2D eigenvalue weighted by atomic mass is 16.4. The summed E-state index contributed by atoms with van der Waals surface area (Å²) in [6.45, 7) is 0. The number of benzene rings is 2. The van der Waals surface area contributed by atoms with Crippen LogP contribution in [0.1, 0.15) is 10.4 Å². The normalized spacial score (nSPS) is 10.2. The van der Waals surface area contributed by atoms with Gasteiger partial charge in [-0.05, 0) is 36.4 Å². The molecule has 5 heteroatoms. The van der Waals surface area contributed by atoms with Gasteiger partial charge in [0.25, 0.3) is 0 Å². The predicted molar refractivity (Wildman–Crippen MR) is 84.2 cm³/mol. The zero-order valence-electron chi connectivity index (χ0n) is 11.6. The number of aromatic nitrogens is 2. The van der Waals surface area contributed by atoms with Crippen LogP contribution in [-0.2, 0) is 0 Å². The topological polar surface area (TPSA) is 75.1 Å². The smallest absolute Gasteiger partial charge is 0.335 e. The van der Waals surface area contributed by atoms with Gasteiger partial charge in [0.2, 0.25) is 0 Å². The monoisotopic (exact) mass is 291 g/mol. The Hall–Kier alpha value is -3.21. The number of carbonyl (C=O) groups is 1. The maximum atomic E-state index is 11.0. The van der Waals surface area contributed by atoms with Crippen molar-refractivity contribution in [2.75, 3.05) is 5.32 Å². The highest BCUT2D eigenvalue weighted by Gasteiger charge is 2.04. The van der Waals surface area contributed by atoms with Crippen molar-refractivity contribution >= 4 is 17.3 Å². The third kappa shape index (κ3) is 3.09. The zero-order valence-corrected chi connectivity index (χ0v) is 11.6. The van der Waals surface area contributed by atoms with Crippen molar-refractivity contribution < 1.29 is 9.90 Å². The molecule has 0 unspecified atom stereocenters. The number of rotatable bonds is 4. The van der Waals surface area contributed by atoms with E-state index in [1.165, 1.54) is 6.33 Å². The van der Waals surface area contributed by atoms with Gasteiger partial charge in [-0.25, -0.2) is 14.8 Å². The quantitative estimate of drug-likeness (QED) is 0.768. The molecule has 0 fully saturated rings. The van der Waals surface area contributed by atoms with E-state index in [0.29, 0.717) is 0 Å². The Balaban J connectivity index is 1.79. The lowest BCUT2D eigenvalue weighted by molar-refractivity contribution is 0.0697. The Morgan fingerprint density at radius 1 is 1.00 bits per heavy atom. The van der Waals surface area contributed by atoms with Gasteiger partial charge in [0, 0.05) is 23.1 Å². The second-order valence-electron chi connectivity index (χ2n) is 4.68. The molecule has 1 aromatic heterocycles. The van der Waals surface area contributed by atoms with Crippen LogP contribution in [0.25, 0.3) is 11.3 Å². The summed E-state index contributed by atoms with van der Waals surface area (Å²) in [7, 11) is 0. The standard InChI is InChI=1S/C17H13N3O2/c21-17(22)13-2-1-3-15(10-13)20-14-6-4-12(5-7-14)16-8-9-18-11-19-16/h1-11,20H,(H,21,22). The maximum absolute atomic E-state index is 11.0. The first-order valence-corrected chi connectivity index (χ1v) is 6.69. The van der Waals surface area contributed by atoms with Crippen molar-refractivity contribution in [3.63, 3.8) is 0 Å². The Morgan fingerprint density at radius 3 is 2.50 bits per heavy atom. The van der Waals surface area contributed by atoms with Crippen LogP contribution in [0.3, 0.4) is 0 Å². The highest BCUT2D eigenvalue weighted by molar-refractivity contribution is 5.89. The predicted octanol–water partition coefficient (Wildman–Crippen LogP) is 3.59. The summed E-state index contributed by atoms with van der Waals surface area (Å²) in [5.74, 6) is -0.942. The van der Waals surface area contributed by atoms with Gasteiger partial charge >= 0.3 is 5.97 Å². The Kier molecular flexibility index (Phi) is 3.78. The Morgan fingerprint density at radius 2 is 1.82 bits per heavy atom. The van der Waals surface area contributed by atoms with E-state index in [9.17, 15) is 4.79 Å². The summed E-state index contributed by atoms with van der Waals surface area (Å²) in [6, 6.07) is 16.3. The van der Waals surface area contributed by atoms with Crippen LogP contribution in [-0.4, -0.2) is 21.0 Å². The molecule has 0 aliphatic rings. The molecule has 0 atom stereocenters. The number of anilines is 2. The molecule has 0 aliphatic heterocycles. The third-order valence-electron chi connectivity index (χ3n) is 3.16. The number of aromatic carboxylic acids is 1. The van der Waals surface area contributed by atoms with Crippen LogP contribution in [0.15, 0.2) is 67.1 Å². The average Bonchev–Trinajstić information content (AvgIpc) is 2.56. The molecule has 5 nitrogen and oxygen atoms in total. The lowest BCUT2D eigenvalue weighted by atomic mass is 10.1. The van der Waals surface area contributed by atoms with Gasteiger partial charge in [-0.3, -0.25) is 0 Å². The molecule has 22 heavy (non-hydrogen) atoms. The summed E-state index contributed by atoms with van der Waals surface area (Å²) in [5, 5.41) is 12.2. The molecular formula is C17H13N3O2. The van der Waals surface area contributed by atoms with Crippen LogP contribution < -0.4 is 5.32 Å². The minimum Gasteiger partial charge on any atom is -0.478 e. The second kappa shape index (κ2) is 6.05. The van der Waals surface area contributed by atoms with Gasteiger partial charge in [0.05, 0.1) is 11.3 Å². The molecule has 3 aromatic rings. The van der Waals surface area contributed by atoms with Crippen LogP contribution in [0.2, 0.25) is 0 Å². The van der Waals surface area contributed by atoms with Crippen LogP contribution in [0.5, 0.6) is 0 Å². The Labute approximate surface area is 127 Å². The van der Waals surface area contributed by atoms with E-state index in [1.54, 1.807) is 24.4 Å². The van der Waals surface area contributed by atoms with Crippen molar-refractivity contribution in [2.24, 2.45) is 0 Å². The van der Waals surface area contributed by atoms with Gasteiger partial charge in [-0.2, -0.15) is 0 Å². The first-order valence-electron chi connectivity index (χ1n) is 6.69. The van der Waals surface area contributed by atoms with Gasteiger partial charge in [-0.1, -0.05) is 18.2 Å². The number of hydrogen-bond acceptors (Lipinski definition) is 4. The lowest BCUT2D eigenvalue weighted by Gasteiger charge is -2.08. The van der Waals surface area contributed by atoms with Crippen LogP contribution in [0, 0.1) is 0 Å². The Bertz CT molecular complexity index is 787. The summed E-state index contributed by atoms with van der Waals surface area (Å²) in [5.41, 5.74) is 3.71. The van der Waals surface area contributed by atoms with E-state index in [4.69, 9.17) is 5.11 Å². The fourth-order valence-electron chi connectivity index (χ4n) is 2.08. The molecule has 0 bridgehead atoms. The van der Waals surface area contributed by atoms with Gasteiger partial charge in [0.15, 0.2) is 0 Å². The number of hydrogen-bond donors (Lipinski definition) is 2. The van der Waals surface area contributed by atoms with E-state index >= 15 is 0 Å².